The van der Waals surface area contributed by atoms with E-state index in [2.05, 4.69) is 55.6 Å². The third kappa shape index (κ3) is 33.6. The molecule has 0 aromatic heterocycles. The number of carbonyl (C=O) groups excluding carboxylic acids is 2. The number of amides is 1. The van der Waals surface area contributed by atoms with Gasteiger partial charge in [0.15, 0.2) is 0 Å². The second-order valence-electron chi connectivity index (χ2n) is 11.8. The third-order valence-corrected chi connectivity index (χ3v) is 8.32. The first-order chi connectivity index (χ1) is 22.3. The Balaban J connectivity index is 3.65. The van der Waals surface area contributed by atoms with E-state index in [1.54, 1.807) is 0 Å². The Bertz CT molecular complexity index is 861. The van der Waals surface area contributed by atoms with Crippen molar-refractivity contribution in [2.75, 3.05) is 26.4 Å². The topological polar surface area (TPSA) is 131 Å². The van der Waals surface area contributed by atoms with Crippen LogP contribution < -0.4 is 5.32 Å². The molecule has 2 atom stereocenters. The quantitative estimate of drug-likeness (QED) is 0.0273. The molecule has 0 rings (SSSR count). The number of hydrogen-bond acceptors (Lipinski definition) is 7. The van der Waals surface area contributed by atoms with E-state index in [0.29, 0.717) is 6.42 Å². The second-order valence-corrected chi connectivity index (χ2v) is 13.3. The minimum Gasteiger partial charge on any atom is -0.463 e. The number of unbranched alkanes of at least 4 members (excludes halogenated alkanes) is 14. The number of esters is 1. The number of hydrogen-bond donors (Lipinski definition) is 3. The lowest BCUT2D eigenvalue weighted by molar-refractivity contribution is -0.147. The van der Waals surface area contributed by atoms with Crippen LogP contribution >= 0.6 is 7.82 Å². The Morgan fingerprint density at radius 3 is 1.87 bits per heavy atom. The molecule has 3 N–H and O–H groups in total. The van der Waals surface area contributed by atoms with Crippen LogP contribution in [0.2, 0.25) is 0 Å². The van der Waals surface area contributed by atoms with Crippen molar-refractivity contribution >= 4 is 19.7 Å². The van der Waals surface area contributed by atoms with Crippen molar-refractivity contribution in [3.05, 3.63) is 36.5 Å². The monoisotopic (exact) mass is 671 g/mol. The van der Waals surface area contributed by atoms with Crippen LogP contribution in [-0.2, 0) is 27.9 Å². The highest BCUT2D eigenvalue weighted by Gasteiger charge is 2.23. The molecule has 0 saturated heterocycles. The average molecular weight is 672 g/mol. The summed E-state index contributed by atoms with van der Waals surface area (Å²) < 4.78 is 26.7. The molecule has 0 spiro atoms. The molecule has 0 aliphatic heterocycles. The van der Waals surface area contributed by atoms with Crippen LogP contribution in [0, 0.1) is 0 Å². The molecule has 46 heavy (non-hydrogen) atoms. The molecule has 0 heterocycles. The SMILES string of the molecule is CC/C=C\C/C=C\C/C=C\CCCCCCCCCC(=O)OCC(O)COP(=O)(O)OCCNC(=O)CCCCCCCCCC. The summed E-state index contributed by atoms with van der Waals surface area (Å²) in [6.07, 6.45) is 33.7. The number of phosphoric acid groups is 1. The maximum Gasteiger partial charge on any atom is 0.472 e. The van der Waals surface area contributed by atoms with Crippen molar-refractivity contribution in [1.29, 1.82) is 0 Å². The zero-order valence-electron chi connectivity index (χ0n) is 29.0. The van der Waals surface area contributed by atoms with Gasteiger partial charge in [-0.2, -0.15) is 0 Å². The van der Waals surface area contributed by atoms with Crippen molar-refractivity contribution < 1.29 is 37.9 Å². The van der Waals surface area contributed by atoms with Gasteiger partial charge in [0, 0.05) is 19.4 Å². The molecule has 268 valence electrons. The van der Waals surface area contributed by atoms with Crippen molar-refractivity contribution in [1.82, 2.24) is 5.32 Å². The van der Waals surface area contributed by atoms with Gasteiger partial charge in [0.05, 0.1) is 13.2 Å². The first kappa shape index (κ1) is 44.2. The van der Waals surface area contributed by atoms with Gasteiger partial charge in [-0.25, -0.2) is 4.57 Å². The average Bonchev–Trinajstić information content (AvgIpc) is 3.04. The maximum atomic E-state index is 12.0. The Hall–Kier alpha value is -1.77. The molecule has 0 saturated carbocycles. The van der Waals surface area contributed by atoms with Gasteiger partial charge in [-0.05, 0) is 44.9 Å². The van der Waals surface area contributed by atoms with Crippen LogP contribution in [0.5, 0.6) is 0 Å². The van der Waals surface area contributed by atoms with Gasteiger partial charge in [-0.15, -0.1) is 0 Å². The van der Waals surface area contributed by atoms with E-state index >= 15 is 0 Å². The lowest BCUT2D eigenvalue weighted by Gasteiger charge is -2.15. The summed E-state index contributed by atoms with van der Waals surface area (Å²) in [7, 11) is -4.40. The number of nitrogens with one attached hydrogen (secondary N) is 1. The van der Waals surface area contributed by atoms with Crippen LogP contribution in [0.1, 0.15) is 149 Å². The molecule has 0 aliphatic rings. The summed E-state index contributed by atoms with van der Waals surface area (Å²) in [6.45, 7) is 3.38. The number of ether oxygens (including phenoxy) is 1. The van der Waals surface area contributed by atoms with Gasteiger partial charge in [0.25, 0.3) is 0 Å². The highest BCUT2D eigenvalue weighted by molar-refractivity contribution is 7.47. The van der Waals surface area contributed by atoms with Crippen LogP contribution in [-0.4, -0.2) is 54.3 Å². The summed E-state index contributed by atoms with van der Waals surface area (Å²) in [6, 6.07) is 0. The molecule has 9 nitrogen and oxygen atoms in total. The molecule has 0 fully saturated rings. The largest absolute Gasteiger partial charge is 0.472 e. The number of aliphatic hydroxyl groups excluding tert-OH is 1. The van der Waals surface area contributed by atoms with Gasteiger partial charge < -0.3 is 20.1 Å². The van der Waals surface area contributed by atoms with Gasteiger partial charge in [0.1, 0.15) is 12.7 Å². The Labute approximate surface area is 280 Å². The normalized spacial score (nSPS) is 13.9. The summed E-state index contributed by atoms with van der Waals surface area (Å²) >= 11 is 0. The minimum atomic E-state index is -4.40. The van der Waals surface area contributed by atoms with Crippen LogP contribution in [0.15, 0.2) is 36.5 Å². The third-order valence-electron chi connectivity index (χ3n) is 7.33. The standard InChI is InChI=1S/C36H66NO8P/c1-3-5-7-9-11-13-14-15-16-17-18-19-20-21-23-25-27-29-36(40)43-32-34(38)33-45-46(41,42)44-31-30-37-35(39)28-26-24-22-12-10-8-6-4-2/h5,7,11,13,15-16,34,38H,3-4,6,8-10,12,14,17-33H2,1-2H3,(H,37,39)(H,41,42)/b7-5-,13-11-,16-15-. The fourth-order valence-electron chi connectivity index (χ4n) is 4.63. The summed E-state index contributed by atoms with van der Waals surface area (Å²) in [5, 5.41) is 12.6. The molecule has 1 amide bonds. The fourth-order valence-corrected chi connectivity index (χ4v) is 5.39. The number of allylic oxidation sites excluding steroid dienone is 6. The highest BCUT2D eigenvalue weighted by Crippen LogP contribution is 2.42. The van der Waals surface area contributed by atoms with E-state index in [0.717, 1.165) is 70.6 Å². The first-order valence-electron chi connectivity index (χ1n) is 18.0. The summed E-state index contributed by atoms with van der Waals surface area (Å²) in [5.74, 6) is -0.533. The van der Waals surface area contributed by atoms with Crippen LogP contribution in [0.4, 0.5) is 0 Å². The molecule has 2 unspecified atom stereocenters. The fraction of sp³-hybridized carbons (Fsp3) is 0.778. The van der Waals surface area contributed by atoms with Gasteiger partial charge >= 0.3 is 13.8 Å². The highest BCUT2D eigenvalue weighted by atomic mass is 31.2. The summed E-state index contributed by atoms with van der Waals surface area (Å²) in [5.41, 5.74) is 0. The minimum absolute atomic E-state index is 0.0810. The molecule has 0 aromatic rings. The van der Waals surface area contributed by atoms with E-state index in [1.807, 2.05) is 0 Å². The first-order valence-corrected chi connectivity index (χ1v) is 19.5. The second kappa shape index (κ2) is 33.1. The maximum absolute atomic E-state index is 12.0. The van der Waals surface area contributed by atoms with Crippen molar-refractivity contribution in [3.63, 3.8) is 0 Å². The van der Waals surface area contributed by atoms with E-state index < -0.39 is 26.5 Å². The molecule has 0 bridgehead atoms. The molecule has 0 radical (unpaired) electrons. The molecular weight excluding hydrogens is 605 g/mol. The van der Waals surface area contributed by atoms with Crippen LogP contribution in [0.3, 0.4) is 0 Å². The Morgan fingerprint density at radius 1 is 0.696 bits per heavy atom. The lowest BCUT2D eigenvalue weighted by atomic mass is 10.1. The molecule has 0 aliphatic carbocycles. The van der Waals surface area contributed by atoms with Crippen molar-refractivity contribution in [2.45, 2.75) is 155 Å². The molecular formula is C36H66NO8P. The predicted octanol–water partition coefficient (Wildman–Crippen LogP) is 9.04. The van der Waals surface area contributed by atoms with Crippen molar-refractivity contribution in [2.24, 2.45) is 0 Å². The Morgan fingerprint density at radius 2 is 1.24 bits per heavy atom. The van der Waals surface area contributed by atoms with E-state index in [1.165, 1.54) is 51.4 Å². The number of phosphoric ester groups is 1. The van der Waals surface area contributed by atoms with Gasteiger partial charge in [-0.1, -0.05) is 127 Å². The summed E-state index contributed by atoms with van der Waals surface area (Å²) in [4.78, 5) is 33.6. The van der Waals surface area contributed by atoms with Crippen molar-refractivity contribution in [3.8, 4) is 0 Å². The van der Waals surface area contributed by atoms with E-state index in [9.17, 15) is 24.2 Å². The number of aliphatic hydroxyl groups is 1. The number of carbonyl (C=O) groups is 2. The smallest absolute Gasteiger partial charge is 0.463 e. The zero-order valence-corrected chi connectivity index (χ0v) is 29.9. The van der Waals surface area contributed by atoms with E-state index in [4.69, 9.17) is 13.8 Å². The molecule has 10 heteroatoms. The predicted molar refractivity (Wildman–Crippen MR) is 187 cm³/mol. The van der Waals surface area contributed by atoms with E-state index in [-0.39, 0.29) is 32.1 Å². The Kier molecular flexibility index (Phi) is 31.9. The zero-order chi connectivity index (χ0) is 34.0. The molecule has 0 aromatic carbocycles. The lowest BCUT2D eigenvalue weighted by Crippen LogP contribution is -2.27. The van der Waals surface area contributed by atoms with Crippen LogP contribution in [0.25, 0.3) is 0 Å². The van der Waals surface area contributed by atoms with Gasteiger partial charge in [0.2, 0.25) is 5.91 Å². The number of rotatable bonds is 33. The van der Waals surface area contributed by atoms with Gasteiger partial charge in [-0.3, -0.25) is 18.6 Å².